The standard InChI is InChI=1S/C22H18Cl2F2N2O/c23-17-8-6-14(12-18(17)24)10-11-27-21(15-4-2-1-3-5-15)22(29)28-20-9-7-16(25)13-19(20)26/h1-9,12-13,21,27H,10-11H2,(H,28,29)/t21-/m1/s1. The monoisotopic (exact) mass is 434 g/mol. The van der Waals surface area contributed by atoms with Crippen LogP contribution in [-0.4, -0.2) is 12.5 Å². The van der Waals surface area contributed by atoms with E-state index in [0.29, 0.717) is 23.0 Å². The third-order valence-corrected chi connectivity index (χ3v) is 5.07. The van der Waals surface area contributed by atoms with E-state index in [9.17, 15) is 13.6 Å². The summed E-state index contributed by atoms with van der Waals surface area (Å²) in [6.07, 6.45) is 0.610. The molecule has 2 N–H and O–H groups in total. The van der Waals surface area contributed by atoms with Crippen molar-refractivity contribution < 1.29 is 13.6 Å². The van der Waals surface area contributed by atoms with E-state index in [0.717, 1.165) is 23.3 Å². The molecule has 3 aromatic carbocycles. The zero-order chi connectivity index (χ0) is 20.8. The Morgan fingerprint density at radius 3 is 2.38 bits per heavy atom. The molecule has 0 fully saturated rings. The summed E-state index contributed by atoms with van der Waals surface area (Å²) in [6.45, 7) is 0.469. The number of carbonyl (C=O) groups excluding carboxylic acids is 1. The Morgan fingerprint density at radius 2 is 1.69 bits per heavy atom. The maximum atomic E-state index is 13.9. The van der Waals surface area contributed by atoms with Gasteiger partial charge in [-0.15, -0.1) is 0 Å². The molecule has 29 heavy (non-hydrogen) atoms. The Kier molecular flexibility index (Phi) is 7.20. The quantitative estimate of drug-likeness (QED) is 0.494. The first-order valence-corrected chi connectivity index (χ1v) is 9.68. The van der Waals surface area contributed by atoms with E-state index >= 15 is 0 Å². The van der Waals surface area contributed by atoms with Crippen molar-refractivity contribution in [2.24, 2.45) is 0 Å². The van der Waals surface area contributed by atoms with Crippen LogP contribution in [0.3, 0.4) is 0 Å². The van der Waals surface area contributed by atoms with Crippen LogP contribution in [0.5, 0.6) is 0 Å². The van der Waals surface area contributed by atoms with Crippen molar-refractivity contribution in [1.29, 1.82) is 0 Å². The topological polar surface area (TPSA) is 41.1 Å². The number of halogens is 4. The van der Waals surface area contributed by atoms with Crippen molar-refractivity contribution in [2.75, 3.05) is 11.9 Å². The molecule has 0 aliphatic carbocycles. The zero-order valence-electron chi connectivity index (χ0n) is 15.3. The zero-order valence-corrected chi connectivity index (χ0v) is 16.8. The first-order valence-electron chi connectivity index (χ1n) is 8.92. The molecular formula is C22H18Cl2F2N2O. The largest absolute Gasteiger partial charge is 0.322 e. The van der Waals surface area contributed by atoms with Crippen LogP contribution in [0, 0.1) is 11.6 Å². The van der Waals surface area contributed by atoms with Crippen LogP contribution >= 0.6 is 23.2 Å². The van der Waals surface area contributed by atoms with Crippen molar-refractivity contribution in [3.63, 3.8) is 0 Å². The average Bonchev–Trinajstić information content (AvgIpc) is 2.70. The highest BCUT2D eigenvalue weighted by Crippen LogP contribution is 2.23. The van der Waals surface area contributed by atoms with Crippen LogP contribution in [0.4, 0.5) is 14.5 Å². The molecule has 3 rings (SSSR count). The molecule has 0 aliphatic rings. The van der Waals surface area contributed by atoms with Crippen molar-refractivity contribution in [3.05, 3.63) is 99.5 Å². The summed E-state index contributed by atoms with van der Waals surface area (Å²) in [5.74, 6) is -1.99. The summed E-state index contributed by atoms with van der Waals surface area (Å²) in [5.41, 5.74) is 1.61. The lowest BCUT2D eigenvalue weighted by Gasteiger charge is -2.19. The first-order chi connectivity index (χ1) is 13.9. The predicted molar refractivity (Wildman–Crippen MR) is 112 cm³/mol. The van der Waals surface area contributed by atoms with Gasteiger partial charge in [-0.05, 0) is 41.8 Å². The van der Waals surface area contributed by atoms with Gasteiger partial charge in [0.25, 0.3) is 0 Å². The second kappa shape index (κ2) is 9.83. The lowest BCUT2D eigenvalue weighted by Crippen LogP contribution is -2.34. The number of hydrogen-bond acceptors (Lipinski definition) is 2. The summed E-state index contributed by atoms with van der Waals surface area (Å²) >= 11 is 12.0. The molecule has 1 amide bonds. The van der Waals surface area contributed by atoms with Gasteiger partial charge in [-0.25, -0.2) is 8.78 Å². The number of rotatable bonds is 7. The van der Waals surface area contributed by atoms with E-state index in [1.165, 1.54) is 6.07 Å². The minimum Gasteiger partial charge on any atom is -0.322 e. The SMILES string of the molecule is O=C(Nc1ccc(F)cc1F)[C@H](NCCc1ccc(Cl)c(Cl)c1)c1ccccc1. The lowest BCUT2D eigenvalue weighted by molar-refractivity contribution is -0.118. The van der Waals surface area contributed by atoms with E-state index in [-0.39, 0.29) is 5.69 Å². The minimum atomic E-state index is -0.832. The highest BCUT2D eigenvalue weighted by Gasteiger charge is 2.21. The number of anilines is 1. The van der Waals surface area contributed by atoms with E-state index in [1.54, 1.807) is 24.3 Å². The van der Waals surface area contributed by atoms with Gasteiger partial charge < -0.3 is 10.6 Å². The van der Waals surface area contributed by atoms with Gasteiger partial charge >= 0.3 is 0 Å². The van der Waals surface area contributed by atoms with Gasteiger partial charge in [-0.3, -0.25) is 4.79 Å². The normalized spacial score (nSPS) is 11.9. The number of nitrogens with one attached hydrogen (secondary N) is 2. The molecule has 0 aromatic heterocycles. The van der Waals surface area contributed by atoms with Crippen LogP contribution in [0.2, 0.25) is 10.0 Å². The van der Waals surface area contributed by atoms with Crippen LogP contribution < -0.4 is 10.6 Å². The highest BCUT2D eigenvalue weighted by atomic mass is 35.5. The molecule has 150 valence electrons. The second-order valence-electron chi connectivity index (χ2n) is 6.41. The molecule has 0 saturated heterocycles. The summed E-state index contributed by atoms with van der Waals surface area (Å²) in [4.78, 5) is 12.8. The smallest absolute Gasteiger partial charge is 0.246 e. The molecule has 3 nitrogen and oxygen atoms in total. The van der Waals surface area contributed by atoms with E-state index < -0.39 is 23.6 Å². The van der Waals surface area contributed by atoms with Crippen molar-refractivity contribution in [3.8, 4) is 0 Å². The third-order valence-electron chi connectivity index (χ3n) is 4.33. The van der Waals surface area contributed by atoms with Crippen LogP contribution in [0.1, 0.15) is 17.2 Å². The lowest BCUT2D eigenvalue weighted by atomic mass is 10.1. The Bertz CT molecular complexity index is 999. The predicted octanol–water partition coefficient (Wildman–Crippen LogP) is 5.78. The number of carbonyl (C=O) groups is 1. The fourth-order valence-electron chi connectivity index (χ4n) is 2.86. The molecule has 0 saturated carbocycles. The second-order valence-corrected chi connectivity index (χ2v) is 7.22. The molecule has 3 aromatic rings. The van der Waals surface area contributed by atoms with Gasteiger partial charge in [0.15, 0.2) is 0 Å². The number of amides is 1. The van der Waals surface area contributed by atoms with Crippen molar-refractivity contribution in [1.82, 2.24) is 5.32 Å². The van der Waals surface area contributed by atoms with Gasteiger partial charge in [0.05, 0.1) is 15.7 Å². The molecule has 0 unspecified atom stereocenters. The summed E-state index contributed by atoms with van der Waals surface area (Å²) in [5, 5.41) is 6.65. The molecule has 0 radical (unpaired) electrons. The molecule has 1 atom stereocenters. The average molecular weight is 435 g/mol. The van der Waals surface area contributed by atoms with Crippen LogP contribution in [0.15, 0.2) is 66.7 Å². The highest BCUT2D eigenvalue weighted by molar-refractivity contribution is 6.42. The van der Waals surface area contributed by atoms with Crippen molar-refractivity contribution >= 4 is 34.8 Å². The molecule has 7 heteroatoms. The minimum absolute atomic E-state index is 0.0800. The Labute approximate surface area is 177 Å². The molecule has 0 bridgehead atoms. The number of benzene rings is 3. The summed E-state index contributed by atoms with van der Waals surface area (Å²) in [7, 11) is 0. The molecule has 0 spiro atoms. The molecule has 0 heterocycles. The Morgan fingerprint density at radius 1 is 0.931 bits per heavy atom. The van der Waals surface area contributed by atoms with E-state index in [1.807, 2.05) is 24.3 Å². The fraction of sp³-hybridized carbons (Fsp3) is 0.136. The Hall–Kier alpha value is -2.47. The van der Waals surface area contributed by atoms with E-state index in [2.05, 4.69) is 10.6 Å². The summed E-state index contributed by atoms with van der Waals surface area (Å²) < 4.78 is 27.0. The van der Waals surface area contributed by atoms with Gasteiger partial charge in [-0.2, -0.15) is 0 Å². The van der Waals surface area contributed by atoms with Crippen LogP contribution in [-0.2, 0) is 11.2 Å². The van der Waals surface area contributed by atoms with Gasteiger partial charge in [-0.1, -0.05) is 59.6 Å². The maximum absolute atomic E-state index is 13.9. The van der Waals surface area contributed by atoms with Gasteiger partial charge in [0, 0.05) is 12.6 Å². The van der Waals surface area contributed by atoms with Crippen molar-refractivity contribution in [2.45, 2.75) is 12.5 Å². The van der Waals surface area contributed by atoms with Gasteiger partial charge in [0.2, 0.25) is 5.91 Å². The first kappa shape index (κ1) is 21.2. The maximum Gasteiger partial charge on any atom is 0.246 e. The molecular weight excluding hydrogens is 417 g/mol. The number of hydrogen-bond donors (Lipinski definition) is 2. The molecule has 0 aliphatic heterocycles. The van der Waals surface area contributed by atoms with E-state index in [4.69, 9.17) is 23.2 Å². The third kappa shape index (κ3) is 5.76. The fourth-order valence-corrected chi connectivity index (χ4v) is 3.18. The Balaban J connectivity index is 1.72. The van der Waals surface area contributed by atoms with Gasteiger partial charge in [0.1, 0.15) is 17.7 Å². The van der Waals surface area contributed by atoms with Crippen LogP contribution in [0.25, 0.3) is 0 Å². The summed E-state index contributed by atoms with van der Waals surface area (Å²) in [6, 6.07) is 16.7.